The molecule has 1 aliphatic carbocycles. The van der Waals surface area contributed by atoms with Crippen molar-refractivity contribution in [1.29, 1.82) is 0 Å². The Hall–Kier alpha value is -4.13. The summed E-state index contributed by atoms with van der Waals surface area (Å²) in [6, 6.07) is 1.85. The summed E-state index contributed by atoms with van der Waals surface area (Å²) in [6.07, 6.45) is 5.33. The smallest absolute Gasteiger partial charge is 0.414 e. The first kappa shape index (κ1) is 24.6. The van der Waals surface area contributed by atoms with E-state index in [1.165, 1.54) is 6.33 Å². The lowest BCUT2D eigenvalue weighted by molar-refractivity contribution is 0.0947. The molecule has 0 radical (unpaired) electrons. The maximum Gasteiger partial charge on any atom is 0.414 e. The Morgan fingerprint density at radius 2 is 2.08 bits per heavy atom. The Bertz CT molecular complexity index is 1450. The molecule has 1 amide bonds. The molecule has 0 spiro atoms. The number of ether oxygens (including phenoxy) is 1. The number of aromatic nitrogens is 5. The zero-order chi connectivity index (χ0) is 26.1. The minimum atomic E-state index is -0.942. The van der Waals surface area contributed by atoms with E-state index in [1.807, 2.05) is 13.8 Å². The Balaban J connectivity index is 1.52. The number of nitrogens with zero attached hydrogens (tertiary/aromatic N) is 5. The SMILES string of the molecule is CC(C)c1c(-c2nnc(OCCCN)o2)cn2ncnc(Nc3cc(C(=O)NC4CC4)c(F)cc3F)c12. The largest absolute Gasteiger partial charge is 0.449 e. The number of carbonyl (C=O) groups is 1. The van der Waals surface area contributed by atoms with Crippen LogP contribution in [-0.4, -0.2) is 49.9 Å². The van der Waals surface area contributed by atoms with Gasteiger partial charge in [0.05, 0.1) is 23.4 Å². The van der Waals surface area contributed by atoms with Crippen molar-refractivity contribution in [2.45, 2.75) is 45.1 Å². The molecule has 3 aromatic heterocycles. The number of nitrogens with two attached hydrogens (primary N) is 1. The van der Waals surface area contributed by atoms with Crippen molar-refractivity contribution < 1.29 is 22.7 Å². The highest BCUT2D eigenvalue weighted by Crippen LogP contribution is 2.37. The lowest BCUT2D eigenvalue weighted by atomic mass is 10.00. The van der Waals surface area contributed by atoms with Crippen LogP contribution in [0.5, 0.6) is 6.08 Å². The minimum Gasteiger partial charge on any atom is -0.449 e. The molecule has 4 aromatic rings. The van der Waals surface area contributed by atoms with Gasteiger partial charge in [0.2, 0.25) is 0 Å². The molecule has 5 rings (SSSR count). The van der Waals surface area contributed by atoms with E-state index < -0.39 is 17.5 Å². The number of amides is 1. The predicted octanol–water partition coefficient (Wildman–Crippen LogP) is 3.54. The second-order valence-corrected chi connectivity index (χ2v) is 9.06. The van der Waals surface area contributed by atoms with Gasteiger partial charge in [0.1, 0.15) is 23.5 Å². The maximum absolute atomic E-state index is 14.8. The number of fused-ring (bicyclic) bond motifs is 1. The van der Waals surface area contributed by atoms with E-state index in [0.717, 1.165) is 24.5 Å². The van der Waals surface area contributed by atoms with Gasteiger partial charge in [0.25, 0.3) is 11.8 Å². The summed E-state index contributed by atoms with van der Waals surface area (Å²) < 4.78 is 41.9. The fraction of sp³-hybridized carbons (Fsp3) is 0.375. The van der Waals surface area contributed by atoms with Gasteiger partial charge in [-0.05, 0) is 43.4 Å². The second-order valence-electron chi connectivity index (χ2n) is 9.06. The molecule has 0 aliphatic heterocycles. The maximum atomic E-state index is 14.8. The second kappa shape index (κ2) is 10.1. The molecule has 1 saturated carbocycles. The normalized spacial score (nSPS) is 13.4. The highest BCUT2D eigenvalue weighted by atomic mass is 19.1. The van der Waals surface area contributed by atoms with Gasteiger partial charge in [0.15, 0.2) is 5.82 Å². The van der Waals surface area contributed by atoms with Crippen LogP contribution in [0.2, 0.25) is 0 Å². The van der Waals surface area contributed by atoms with E-state index in [2.05, 4.69) is 30.9 Å². The lowest BCUT2D eigenvalue weighted by Crippen LogP contribution is -2.26. The number of hydrogen-bond acceptors (Lipinski definition) is 9. The molecule has 0 unspecified atom stereocenters. The van der Waals surface area contributed by atoms with E-state index in [9.17, 15) is 13.6 Å². The topological polar surface area (TPSA) is 145 Å². The van der Waals surface area contributed by atoms with Gasteiger partial charge in [-0.25, -0.2) is 18.3 Å². The average Bonchev–Trinajstić information content (AvgIpc) is 3.39. The zero-order valence-electron chi connectivity index (χ0n) is 20.3. The fourth-order valence-corrected chi connectivity index (χ4v) is 3.94. The molecule has 13 heteroatoms. The Kier molecular flexibility index (Phi) is 6.70. The van der Waals surface area contributed by atoms with Gasteiger partial charge >= 0.3 is 6.08 Å². The predicted molar refractivity (Wildman–Crippen MR) is 130 cm³/mol. The Morgan fingerprint density at radius 1 is 1.27 bits per heavy atom. The van der Waals surface area contributed by atoms with Gasteiger partial charge in [-0.2, -0.15) is 5.10 Å². The molecule has 1 aromatic carbocycles. The molecule has 194 valence electrons. The van der Waals surface area contributed by atoms with Crippen molar-refractivity contribution in [1.82, 2.24) is 30.1 Å². The molecule has 37 heavy (non-hydrogen) atoms. The quantitative estimate of drug-likeness (QED) is 0.272. The van der Waals surface area contributed by atoms with E-state index in [1.54, 1.807) is 10.7 Å². The monoisotopic (exact) mass is 512 g/mol. The summed E-state index contributed by atoms with van der Waals surface area (Å²) >= 11 is 0. The molecule has 1 aliphatic rings. The molecule has 3 heterocycles. The third-order valence-corrected chi connectivity index (χ3v) is 5.87. The molecular formula is C24H26F2N8O3. The average molecular weight is 513 g/mol. The van der Waals surface area contributed by atoms with Crippen LogP contribution >= 0.6 is 0 Å². The van der Waals surface area contributed by atoms with E-state index in [-0.39, 0.29) is 41.0 Å². The number of carbonyl (C=O) groups excluding carboxylic acids is 1. The molecule has 0 bridgehead atoms. The summed E-state index contributed by atoms with van der Waals surface area (Å²) in [7, 11) is 0. The van der Waals surface area contributed by atoms with E-state index in [0.29, 0.717) is 36.7 Å². The van der Waals surface area contributed by atoms with Crippen LogP contribution in [0.3, 0.4) is 0 Å². The molecule has 0 atom stereocenters. The van der Waals surface area contributed by atoms with Crippen LogP contribution in [0.15, 0.2) is 29.1 Å². The lowest BCUT2D eigenvalue weighted by Gasteiger charge is -2.13. The molecule has 11 nitrogen and oxygen atoms in total. The zero-order valence-corrected chi connectivity index (χ0v) is 20.3. The van der Waals surface area contributed by atoms with Crippen molar-refractivity contribution >= 4 is 22.9 Å². The van der Waals surface area contributed by atoms with Gasteiger partial charge in [-0.15, -0.1) is 5.10 Å². The summed E-state index contributed by atoms with van der Waals surface area (Å²) in [5.74, 6) is -1.99. The third-order valence-electron chi connectivity index (χ3n) is 5.87. The number of rotatable bonds is 10. The van der Waals surface area contributed by atoms with Crippen molar-refractivity contribution in [3.63, 3.8) is 0 Å². The highest BCUT2D eigenvalue weighted by Gasteiger charge is 2.27. The van der Waals surface area contributed by atoms with Crippen molar-refractivity contribution in [3.05, 3.63) is 47.4 Å². The molecule has 4 N–H and O–H groups in total. The molecule has 1 fully saturated rings. The number of benzene rings is 1. The van der Waals surface area contributed by atoms with Crippen molar-refractivity contribution in [2.24, 2.45) is 5.73 Å². The first-order chi connectivity index (χ1) is 17.9. The van der Waals surface area contributed by atoms with Gasteiger partial charge in [0, 0.05) is 18.3 Å². The number of hydrogen-bond donors (Lipinski definition) is 3. The number of halogens is 2. The number of nitrogens with one attached hydrogen (secondary N) is 2. The Morgan fingerprint density at radius 3 is 2.81 bits per heavy atom. The van der Waals surface area contributed by atoms with E-state index >= 15 is 0 Å². The van der Waals surface area contributed by atoms with Gasteiger partial charge in [-0.1, -0.05) is 18.9 Å². The first-order valence-electron chi connectivity index (χ1n) is 12.0. The Labute approximate surface area is 210 Å². The summed E-state index contributed by atoms with van der Waals surface area (Å²) in [6.45, 7) is 4.74. The summed E-state index contributed by atoms with van der Waals surface area (Å²) in [5.41, 5.74) is 7.02. The van der Waals surface area contributed by atoms with Crippen LogP contribution in [0.25, 0.3) is 17.0 Å². The third kappa shape index (κ3) is 5.07. The summed E-state index contributed by atoms with van der Waals surface area (Å²) in [5, 5.41) is 17.9. The van der Waals surface area contributed by atoms with Crippen LogP contribution in [0.1, 0.15) is 54.9 Å². The van der Waals surface area contributed by atoms with Gasteiger partial charge < -0.3 is 25.5 Å². The first-order valence-corrected chi connectivity index (χ1v) is 12.0. The standard InChI is InChI=1S/C24H26F2N8O3/c1-12(2)19-15(23-32-33-24(37-23)36-7-3-6-27)10-34-20(19)21(28-11-29-34)31-18-8-14(16(25)9-17(18)26)22(35)30-13-4-5-13/h8-13H,3-7,27H2,1-2H3,(H,30,35)(H,28,29,31). The van der Waals surface area contributed by atoms with Crippen molar-refractivity contribution in [2.75, 3.05) is 18.5 Å². The van der Waals surface area contributed by atoms with E-state index in [4.69, 9.17) is 14.9 Å². The number of anilines is 2. The minimum absolute atomic E-state index is 0.0169. The molecule has 0 saturated heterocycles. The molecular weight excluding hydrogens is 486 g/mol. The van der Waals surface area contributed by atoms with Crippen LogP contribution in [-0.2, 0) is 0 Å². The van der Waals surface area contributed by atoms with Crippen molar-refractivity contribution in [3.8, 4) is 17.5 Å². The fourth-order valence-electron chi connectivity index (χ4n) is 3.94. The van der Waals surface area contributed by atoms with Crippen LogP contribution in [0.4, 0.5) is 20.3 Å². The highest BCUT2D eigenvalue weighted by molar-refractivity contribution is 5.96. The van der Waals surface area contributed by atoms with Gasteiger partial charge in [-0.3, -0.25) is 4.79 Å². The summed E-state index contributed by atoms with van der Waals surface area (Å²) in [4.78, 5) is 16.8. The van der Waals surface area contributed by atoms with Crippen LogP contribution < -0.4 is 21.1 Å². The van der Waals surface area contributed by atoms with Crippen LogP contribution in [0, 0.1) is 11.6 Å².